The average molecular weight is 336 g/mol. The van der Waals surface area contributed by atoms with Crippen LogP contribution in [-0.4, -0.2) is 6.54 Å². The molecule has 0 amide bonds. The van der Waals surface area contributed by atoms with Crippen molar-refractivity contribution >= 4 is 15.9 Å². The highest BCUT2D eigenvalue weighted by Crippen LogP contribution is 2.31. The Balaban J connectivity index is 2.33. The minimum Gasteiger partial charge on any atom is -0.459 e. The second kappa shape index (κ2) is 7.09. The fourth-order valence-electron chi connectivity index (χ4n) is 2.47. The van der Waals surface area contributed by atoms with Gasteiger partial charge in [0.1, 0.15) is 11.5 Å². The third kappa shape index (κ3) is 3.33. The van der Waals surface area contributed by atoms with Crippen molar-refractivity contribution in [2.24, 2.45) is 0 Å². The molecule has 1 atom stereocenters. The molecule has 1 aromatic heterocycles. The van der Waals surface area contributed by atoms with Gasteiger partial charge in [-0.1, -0.05) is 36.7 Å². The molecule has 1 heterocycles. The molecule has 108 valence electrons. The van der Waals surface area contributed by atoms with E-state index in [9.17, 15) is 0 Å². The summed E-state index contributed by atoms with van der Waals surface area (Å²) in [5.41, 5.74) is 2.49. The lowest BCUT2D eigenvalue weighted by Crippen LogP contribution is -2.19. The number of rotatable bonds is 6. The normalized spacial score (nSPS) is 12.6. The van der Waals surface area contributed by atoms with Gasteiger partial charge in [0.15, 0.2) is 0 Å². The Morgan fingerprint density at radius 1 is 1.15 bits per heavy atom. The van der Waals surface area contributed by atoms with Gasteiger partial charge >= 0.3 is 0 Å². The van der Waals surface area contributed by atoms with Gasteiger partial charge in [-0.05, 0) is 55.3 Å². The predicted molar refractivity (Wildman–Crippen MR) is 87.9 cm³/mol. The summed E-state index contributed by atoms with van der Waals surface area (Å²) in [5, 5.41) is 3.45. The van der Waals surface area contributed by atoms with Gasteiger partial charge in [0, 0.05) is 10.0 Å². The molecule has 0 saturated heterocycles. The first kappa shape index (κ1) is 15.3. The molecular formula is C17H22BrNO. The van der Waals surface area contributed by atoms with Crippen LogP contribution in [0.25, 0.3) is 11.3 Å². The Kier molecular flexibility index (Phi) is 5.44. The molecule has 20 heavy (non-hydrogen) atoms. The van der Waals surface area contributed by atoms with Gasteiger partial charge in [-0.3, -0.25) is 0 Å². The molecule has 1 aromatic carbocycles. The van der Waals surface area contributed by atoms with Crippen LogP contribution in [0.2, 0.25) is 0 Å². The van der Waals surface area contributed by atoms with E-state index in [1.165, 1.54) is 11.1 Å². The Bertz CT molecular complexity index is 562. The zero-order valence-corrected chi connectivity index (χ0v) is 14.0. The van der Waals surface area contributed by atoms with E-state index in [1.54, 1.807) is 0 Å². The third-order valence-electron chi connectivity index (χ3n) is 3.54. The molecule has 2 aromatic rings. The van der Waals surface area contributed by atoms with Gasteiger partial charge < -0.3 is 9.73 Å². The van der Waals surface area contributed by atoms with Crippen molar-refractivity contribution < 1.29 is 4.42 Å². The number of benzene rings is 1. The van der Waals surface area contributed by atoms with Crippen LogP contribution < -0.4 is 5.32 Å². The number of hydrogen-bond donors (Lipinski definition) is 1. The van der Waals surface area contributed by atoms with E-state index in [2.05, 4.69) is 72.3 Å². The summed E-state index contributed by atoms with van der Waals surface area (Å²) in [7, 11) is 0. The number of nitrogens with one attached hydrogen (secondary N) is 1. The number of furan rings is 1. The molecule has 1 N–H and O–H groups in total. The summed E-state index contributed by atoms with van der Waals surface area (Å²) in [6.07, 6.45) is 2.02. The molecule has 1 unspecified atom stereocenters. The van der Waals surface area contributed by atoms with Gasteiger partial charge in [0.05, 0.1) is 6.04 Å². The first-order chi connectivity index (χ1) is 9.69. The topological polar surface area (TPSA) is 25.2 Å². The fourth-order valence-corrected chi connectivity index (χ4v) is 2.88. The Hall–Kier alpha value is -1.06. The van der Waals surface area contributed by atoms with Crippen molar-refractivity contribution in [3.63, 3.8) is 0 Å². The van der Waals surface area contributed by atoms with Crippen molar-refractivity contribution in [2.75, 3.05) is 6.54 Å². The van der Waals surface area contributed by atoms with Gasteiger partial charge in [0.25, 0.3) is 0 Å². The molecule has 0 radical (unpaired) electrons. The highest BCUT2D eigenvalue weighted by Gasteiger charge is 2.14. The summed E-state index contributed by atoms with van der Waals surface area (Å²) in [5.74, 6) is 1.98. The highest BCUT2D eigenvalue weighted by molar-refractivity contribution is 9.10. The molecule has 2 nitrogen and oxygen atoms in total. The van der Waals surface area contributed by atoms with E-state index in [0.717, 1.165) is 35.4 Å². The minimum absolute atomic E-state index is 0.300. The van der Waals surface area contributed by atoms with E-state index in [4.69, 9.17) is 4.42 Å². The number of aryl methyl sites for hydroxylation is 1. The maximum absolute atomic E-state index is 6.08. The third-order valence-corrected chi connectivity index (χ3v) is 4.04. The first-order valence-corrected chi connectivity index (χ1v) is 8.10. The Morgan fingerprint density at radius 2 is 1.95 bits per heavy atom. The van der Waals surface area contributed by atoms with E-state index < -0.39 is 0 Å². The summed E-state index contributed by atoms with van der Waals surface area (Å²) in [6.45, 7) is 7.42. The van der Waals surface area contributed by atoms with Crippen LogP contribution in [0, 0.1) is 0 Å². The molecule has 0 aliphatic rings. The van der Waals surface area contributed by atoms with Crippen molar-refractivity contribution in [2.45, 2.75) is 39.7 Å². The molecule has 0 fully saturated rings. The van der Waals surface area contributed by atoms with Crippen molar-refractivity contribution in [3.05, 3.63) is 46.1 Å². The SMILES string of the molecule is CCNC(CC)c1ccc(-c2ccc(Br)cc2CC)o1. The molecule has 0 bridgehead atoms. The quantitative estimate of drug-likeness (QED) is 0.771. The van der Waals surface area contributed by atoms with Crippen LogP contribution in [0.15, 0.2) is 39.2 Å². The molecular weight excluding hydrogens is 314 g/mol. The lowest BCUT2D eigenvalue weighted by atomic mass is 10.0. The van der Waals surface area contributed by atoms with Crippen LogP contribution in [0.1, 0.15) is 44.6 Å². The molecule has 0 saturated carbocycles. The van der Waals surface area contributed by atoms with Crippen molar-refractivity contribution in [3.8, 4) is 11.3 Å². The smallest absolute Gasteiger partial charge is 0.134 e. The van der Waals surface area contributed by atoms with Crippen LogP contribution in [0.5, 0.6) is 0 Å². The fraction of sp³-hybridized carbons (Fsp3) is 0.412. The standard InChI is InChI=1S/C17H22BrNO/c1-4-12-11-13(18)7-8-14(12)16-9-10-17(20-16)15(5-2)19-6-3/h7-11,15,19H,4-6H2,1-3H3. The monoisotopic (exact) mass is 335 g/mol. The highest BCUT2D eigenvalue weighted by atomic mass is 79.9. The maximum atomic E-state index is 6.08. The molecule has 0 spiro atoms. The van der Waals surface area contributed by atoms with Crippen molar-refractivity contribution in [1.82, 2.24) is 5.32 Å². The molecule has 0 aliphatic heterocycles. The maximum Gasteiger partial charge on any atom is 0.134 e. The van der Waals surface area contributed by atoms with Gasteiger partial charge in [-0.2, -0.15) is 0 Å². The lowest BCUT2D eigenvalue weighted by molar-refractivity contribution is 0.417. The van der Waals surface area contributed by atoms with Crippen LogP contribution in [0.4, 0.5) is 0 Å². The zero-order chi connectivity index (χ0) is 14.5. The summed E-state index contributed by atoms with van der Waals surface area (Å²) < 4.78 is 7.19. The molecule has 3 heteroatoms. The Morgan fingerprint density at radius 3 is 2.60 bits per heavy atom. The number of hydrogen-bond acceptors (Lipinski definition) is 2. The van der Waals surface area contributed by atoms with E-state index >= 15 is 0 Å². The average Bonchev–Trinajstić information content (AvgIpc) is 2.93. The summed E-state index contributed by atoms with van der Waals surface area (Å²) in [6, 6.07) is 10.8. The van der Waals surface area contributed by atoms with E-state index in [0.29, 0.717) is 6.04 Å². The minimum atomic E-state index is 0.300. The van der Waals surface area contributed by atoms with Crippen LogP contribution in [-0.2, 0) is 6.42 Å². The van der Waals surface area contributed by atoms with Gasteiger partial charge in [0.2, 0.25) is 0 Å². The van der Waals surface area contributed by atoms with E-state index in [-0.39, 0.29) is 0 Å². The molecule has 2 rings (SSSR count). The second-order valence-corrected chi connectivity index (χ2v) is 5.79. The first-order valence-electron chi connectivity index (χ1n) is 7.31. The predicted octanol–water partition coefficient (Wildman–Crippen LogP) is 5.33. The zero-order valence-electron chi connectivity index (χ0n) is 12.4. The molecule has 0 aliphatic carbocycles. The summed E-state index contributed by atoms with van der Waals surface area (Å²) in [4.78, 5) is 0. The van der Waals surface area contributed by atoms with Gasteiger partial charge in [-0.15, -0.1) is 0 Å². The van der Waals surface area contributed by atoms with Crippen LogP contribution >= 0.6 is 15.9 Å². The van der Waals surface area contributed by atoms with Gasteiger partial charge in [-0.25, -0.2) is 0 Å². The van der Waals surface area contributed by atoms with E-state index in [1.807, 2.05) is 0 Å². The number of halogens is 1. The second-order valence-electron chi connectivity index (χ2n) is 4.88. The van der Waals surface area contributed by atoms with Crippen molar-refractivity contribution in [1.29, 1.82) is 0 Å². The van der Waals surface area contributed by atoms with Crippen LogP contribution in [0.3, 0.4) is 0 Å². The lowest BCUT2D eigenvalue weighted by Gasteiger charge is -2.13. The Labute approximate surface area is 129 Å². The largest absolute Gasteiger partial charge is 0.459 e. The summed E-state index contributed by atoms with van der Waals surface area (Å²) >= 11 is 3.53.